The molecule has 2 aromatic carbocycles. The Kier molecular flexibility index (Phi) is 6.06. The van der Waals surface area contributed by atoms with Crippen LogP contribution in [0, 0.1) is 13.8 Å². The first-order valence-electron chi connectivity index (χ1n) is 10.2. The average Bonchev–Trinajstić information content (AvgIpc) is 2.79. The van der Waals surface area contributed by atoms with Gasteiger partial charge in [0.2, 0.25) is 10.0 Å². The van der Waals surface area contributed by atoms with Crippen LogP contribution in [-0.4, -0.2) is 69.5 Å². The summed E-state index contributed by atoms with van der Waals surface area (Å²) in [6, 6.07) is 10.5. The first-order chi connectivity index (χ1) is 14.8. The Morgan fingerprint density at radius 2 is 1.68 bits per heavy atom. The summed E-state index contributed by atoms with van der Waals surface area (Å²) < 4.78 is 44.1. The lowest BCUT2D eigenvalue weighted by Crippen LogP contribution is -2.51. The minimum Gasteiger partial charge on any atom is -0.486 e. The number of sulfonamides is 1. The third-order valence-electron chi connectivity index (χ3n) is 5.44. The van der Waals surface area contributed by atoms with Crippen LogP contribution in [0.1, 0.15) is 11.1 Å². The van der Waals surface area contributed by atoms with E-state index in [1.165, 1.54) is 16.4 Å². The van der Waals surface area contributed by atoms with Crippen LogP contribution in [0.15, 0.2) is 41.3 Å². The van der Waals surface area contributed by atoms with E-state index in [2.05, 4.69) is 0 Å². The number of rotatable bonds is 5. The van der Waals surface area contributed by atoms with Crippen molar-refractivity contribution in [3.05, 3.63) is 47.5 Å². The van der Waals surface area contributed by atoms with E-state index in [1.807, 2.05) is 32.0 Å². The maximum atomic E-state index is 13.0. The fourth-order valence-electron chi connectivity index (χ4n) is 3.60. The molecule has 0 bridgehead atoms. The maximum absolute atomic E-state index is 13.0. The van der Waals surface area contributed by atoms with Gasteiger partial charge in [-0.15, -0.1) is 0 Å². The lowest BCUT2D eigenvalue weighted by molar-refractivity contribution is -0.134. The van der Waals surface area contributed by atoms with E-state index in [-0.39, 0.29) is 30.5 Å². The Balaban J connectivity index is 1.35. The summed E-state index contributed by atoms with van der Waals surface area (Å²) in [7, 11) is -3.68. The fraction of sp³-hybridized carbons (Fsp3) is 0.409. The van der Waals surface area contributed by atoms with Gasteiger partial charge in [-0.1, -0.05) is 12.1 Å². The summed E-state index contributed by atoms with van der Waals surface area (Å²) in [5.41, 5.74) is 2.03. The molecule has 2 aliphatic heterocycles. The number of hydrogen-bond donors (Lipinski definition) is 0. The van der Waals surface area contributed by atoms with Crippen LogP contribution in [0.3, 0.4) is 0 Å². The summed E-state index contributed by atoms with van der Waals surface area (Å²) in [5, 5.41) is 0. The van der Waals surface area contributed by atoms with Gasteiger partial charge < -0.3 is 19.1 Å². The number of hydrogen-bond acceptors (Lipinski definition) is 6. The van der Waals surface area contributed by atoms with E-state index < -0.39 is 10.0 Å². The minimum absolute atomic E-state index is 0.0702. The topological polar surface area (TPSA) is 85.4 Å². The summed E-state index contributed by atoms with van der Waals surface area (Å²) >= 11 is 0. The molecule has 0 unspecified atom stereocenters. The lowest BCUT2D eigenvalue weighted by atomic mass is 10.1. The van der Waals surface area contributed by atoms with Crippen molar-refractivity contribution in [3.8, 4) is 17.2 Å². The van der Waals surface area contributed by atoms with Crippen molar-refractivity contribution in [1.29, 1.82) is 0 Å². The summed E-state index contributed by atoms with van der Waals surface area (Å²) in [6.07, 6.45) is 0. The van der Waals surface area contributed by atoms with Gasteiger partial charge in [0.15, 0.2) is 18.1 Å². The van der Waals surface area contributed by atoms with Crippen molar-refractivity contribution >= 4 is 15.9 Å². The first kappa shape index (κ1) is 21.5. The Hall–Kier alpha value is -2.78. The number of carbonyl (C=O) groups excluding carboxylic acids is 1. The first-order valence-corrected chi connectivity index (χ1v) is 11.7. The number of piperazine rings is 1. The van der Waals surface area contributed by atoms with E-state index in [1.54, 1.807) is 11.0 Å². The molecule has 31 heavy (non-hydrogen) atoms. The molecule has 1 amide bonds. The number of amides is 1. The van der Waals surface area contributed by atoms with Crippen molar-refractivity contribution in [2.45, 2.75) is 18.7 Å². The normalized spacial score (nSPS) is 16.8. The third-order valence-corrected chi connectivity index (χ3v) is 7.33. The number of fused-ring (bicyclic) bond motifs is 1. The van der Waals surface area contributed by atoms with E-state index in [0.717, 1.165) is 11.1 Å². The van der Waals surface area contributed by atoms with Gasteiger partial charge >= 0.3 is 0 Å². The van der Waals surface area contributed by atoms with Gasteiger partial charge in [0.05, 0.1) is 4.90 Å². The van der Waals surface area contributed by atoms with Gasteiger partial charge in [0.1, 0.15) is 19.0 Å². The highest BCUT2D eigenvalue weighted by Crippen LogP contribution is 2.33. The van der Waals surface area contributed by atoms with Crippen LogP contribution in [0.4, 0.5) is 0 Å². The van der Waals surface area contributed by atoms with Crippen molar-refractivity contribution in [2.75, 3.05) is 46.0 Å². The van der Waals surface area contributed by atoms with Gasteiger partial charge in [-0.3, -0.25) is 4.79 Å². The predicted molar refractivity (Wildman–Crippen MR) is 114 cm³/mol. The molecule has 2 heterocycles. The molecule has 4 rings (SSSR count). The van der Waals surface area contributed by atoms with Crippen molar-refractivity contribution in [2.24, 2.45) is 0 Å². The van der Waals surface area contributed by atoms with Gasteiger partial charge in [-0.25, -0.2) is 8.42 Å². The van der Waals surface area contributed by atoms with Crippen LogP contribution in [0.5, 0.6) is 17.2 Å². The van der Waals surface area contributed by atoms with E-state index >= 15 is 0 Å². The molecule has 9 heteroatoms. The standard InChI is InChI=1S/C22H26N2O6S/c1-16-3-4-17(2)20(13-16)30-15-22(25)23-7-9-24(10-8-23)31(26,27)18-5-6-19-21(14-18)29-12-11-28-19/h3-6,13-14H,7-12,15H2,1-2H3. The van der Waals surface area contributed by atoms with Crippen molar-refractivity contribution in [1.82, 2.24) is 9.21 Å². The molecule has 1 saturated heterocycles. The predicted octanol–water partition coefficient (Wildman–Crippen LogP) is 1.99. The highest BCUT2D eigenvalue weighted by molar-refractivity contribution is 7.89. The van der Waals surface area contributed by atoms with E-state index in [4.69, 9.17) is 14.2 Å². The number of benzene rings is 2. The fourth-order valence-corrected chi connectivity index (χ4v) is 5.04. The highest BCUT2D eigenvalue weighted by atomic mass is 32.2. The second-order valence-corrected chi connectivity index (χ2v) is 9.59. The summed E-state index contributed by atoms with van der Waals surface area (Å²) in [6.45, 7) is 5.76. The maximum Gasteiger partial charge on any atom is 0.260 e. The summed E-state index contributed by atoms with van der Waals surface area (Å²) in [5.74, 6) is 1.51. The Morgan fingerprint density at radius 3 is 2.42 bits per heavy atom. The average molecular weight is 447 g/mol. The minimum atomic E-state index is -3.68. The molecule has 0 spiro atoms. The molecule has 0 atom stereocenters. The second-order valence-electron chi connectivity index (χ2n) is 7.65. The zero-order chi connectivity index (χ0) is 22.0. The van der Waals surface area contributed by atoms with E-state index in [9.17, 15) is 13.2 Å². The smallest absolute Gasteiger partial charge is 0.260 e. The molecule has 166 valence electrons. The number of carbonyl (C=O) groups is 1. The van der Waals surface area contributed by atoms with Gasteiger partial charge in [0, 0.05) is 32.2 Å². The molecular weight excluding hydrogens is 420 g/mol. The second kappa shape index (κ2) is 8.76. The molecule has 8 nitrogen and oxygen atoms in total. The summed E-state index contributed by atoms with van der Waals surface area (Å²) in [4.78, 5) is 14.4. The number of aryl methyl sites for hydroxylation is 2. The molecule has 0 radical (unpaired) electrons. The van der Waals surface area contributed by atoms with Crippen molar-refractivity contribution in [3.63, 3.8) is 0 Å². The zero-order valence-electron chi connectivity index (χ0n) is 17.7. The van der Waals surface area contributed by atoms with Crippen LogP contribution >= 0.6 is 0 Å². The number of nitrogens with zero attached hydrogens (tertiary/aromatic N) is 2. The van der Waals surface area contributed by atoms with Gasteiger partial charge in [-0.05, 0) is 43.2 Å². The quantitative estimate of drug-likeness (QED) is 0.698. The molecule has 0 aliphatic carbocycles. The molecule has 0 aromatic heterocycles. The molecule has 1 fully saturated rings. The SMILES string of the molecule is Cc1ccc(C)c(OCC(=O)N2CCN(S(=O)(=O)c3ccc4c(c3)OCCO4)CC2)c1. The molecular formula is C22H26N2O6S. The lowest BCUT2D eigenvalue weighted by Gasteiger charge is -2.34. The van der Waals surface area contributed by atoms with Gasteiger partial charge in [0.25, 0.3) is 5.91 Å². The van der Waals surface area contributed by atoms with Crippen LogP contribution in [0.25, 0.3) is 0 Å². The van der Waals surface area contributed by atoms with Crippen LogP contribution in [0.2, 0.25) is 0 Å². The van der Waals surface area contributed by atoms with Crippen LogP contribution < -0.4 is 14.2 Å². The molecule has 0 saturated carbocycles. The Morgan fingerprint density at radius 1 is 0.968 bits per heavy atom. The molecule has 2 aromatic rings. The molecule has 2 aliphatic rings. The van der Waals surface area contributed by atoms with E-state index in [0.29, 0.717) is 43.6 Å². The largest absolute Gasteiger partial charge is 0.486 e. The highest BCUT2D eigenvalue weighted by Gasteiger charge is 2.31. The van der Waals surface area contributed by atoms with Crippen molar-refractivity contribution < 1.29 is 27.4 Å². The third kappa shape index (κ3) is 4.62. The Bertz CT molecular complexity index is 1080. The van der Waals surface area contributed by atoms with Crippen LogP contribution in [-0.2, 0) is 14.8 Å². The zero-order valence-corrected chi connectivity index (χ0v) is 18.5. The van der Waals surface area contributed by atoms with Gasteiger partial charge in [-0.2, -0.15) is 4.31 Å². The monoisotopic (exact) mass is 446 g/mol. The number of ether oxygens (including phenoxy) is 3. The molecule has 0 N–H and O–H groups in total. The Labute approximate surface area is 182 Å².